The first kappa shape index (κ1) is 22.5. The van der Waals surface area contributed by atoms with Gasteiger partial charge in [-0.15, -0.1) is 0 Å². The first-order chi connectivity index (χ1) is 16.6. The molecule has 0 spiro atoms. The number of nitrogen functional groups attached to an aromatic ring is 1. The van der Waals surface area contributed by atoms with E-state index in [1.807, 2.05) is 19.3 Å². The summed E-state index contributed by atoms with van der Waals surface area (Å²) < 4.78 is 18.2. The molecule has 1 aliphatic rings. The molecule has 0 aliphatic carbocycles. The Morgan fingerprint density at radius 3 is 2.57 bits per heavy atom. The molecule has 0 bridgehead atoms. The Kier molecular flexibility index (Phi) is 5.08. The molecule has 10 nitrogen and oxygen atoms in total. The van der Waals surface area contributed by atoms with E-state index in [1.165, 1.54) is 35.2 Å². The molecule has 0 radical (unpaired) electrons. The standard InChI is InChI=1S/C24H25FN8O2/c1-14(34)32-6-5-31(23(35)24(32,2)3)18-8-15(7-17(25)9-18)20-10-19(16-11-28-30(4)12-16)21-22(26)27-13-29-33(20)21/h7-13H,5-6H2,1-4H3,(H2,26,27,29). The third-order valence-electron chi connectivity index (χ3n) is 6.46. The summed E-state index contributed by atoms with van der Waals surface area (Å²) in [5.41, 5.74) is 8.80. The largest absolute Gasteiger partial charge is 0.382 e. The van der Waals surface area contributed by atoms with Crippen LogP contribution in [0.5, 0.6) is 0 Å². The van der Waals surface area contributed by atoms with Crippen LogP contribution in [-0.4, -0.2) is 59.7 Å². The Balaban J connectivity index is 1.64. The van der Waals surface area contributed by atoms with Crippen molar-refractivity contribution < 1.29 is 14.0 Å². The molecule has 0 unspecified atom stereocenters. The Bertz CT molecular complexity index is 1490. The molecule has 1 saturated heterocycles. The number of carbonyl (C=O) groups is 2. The zero-order valence-electron chi connectivity index (χ0n) is 19.9. The van der Waals surface area contributed by atoms with E-state index in [9.17, 15) is 14.0 Å². The second-order valence-corrected chi connectivity index (χ2v) is 9.14. The molecule has 3 aromatic heterocycles. The highest BCUT2D eigenvalue weighted by Crippen LogP contribution is 2.37. The lowest BCUT2D eigenvalue weighted by atomic mass is 9.96. The predicted molar refractivity (Wildman–Crippen MR) is 129 cm³/mol. The smallest absolute Gasteiger partial charge is 0.252 e. The van der Waals surface area contributed by atoms with E-state index in [2.05, 4.69) is 15.2 Å². The molecule has 4 aromatic rings. The number of nitrogens with zero attached hydrogens (tertiary/aromatic N) is 7. The third-order valence-corrected chi connectivity index (χ3v) is 6.46. The quantitative estimate of drug-likeness (QED) is 0.486. The van der Waals surface area contributed by atoms with E-state index in [0.717, 1.165) is 11.1 Å². The second kappa shape index (κ2) is 7.90. The molecule has 4 heterocycles. The summed E-state index contributed by atoms with van der Waals surface area (Å²) in [5.74, 6) is -0.683. The normalized spacial score (nSPS) is 15.7. The van der Waals surface area contributed by atoms with Gasteiger partial charge in [0.05, 0.1) is 11.9 Å². The summed E-state index contributed by atoms with van der Waals surface area (Å²) in [4.78, 5) is 32.5. The minimum atomic E-state index is -1.05. The van der Waals surface area contributed by atoms with Gasteiger partial charge in [-0.1, -0.05) is 0 Å². The van der Waals surface area contributed by atoms with Crippen LogP contribution in [0.15, 0.2) is 43.0 Å². The topological polar surface area (TPSA) is 115 Å². The maximum Gasteiger partial charge on any atom is 0.252 e. The number of aryl methyl sites for hydroxylation is 1. The SMILES string of the molecule is CC(=O)N1CCN(c2cc(F)cc(-c3cc(-c4cnn(C)c4)c4c(N)ncnn34)c2)C(=O)C1(C)C. The van der Waals surface area contributed by atoms with Gasteiger partial charge >= 0.3 is 0 Å². The molecule has 1 fully saturated rings. The van der Waals surface area contributed by atoms with Crippen molar-refractivity contribution in [1.82, 2.24) is 29.3 Å². The fraction of sp³-hybridized carbons (Fsp3) is 0.292. The zero-order valence-corrected chi connectivity index (χ0v) is 19.9. The van der Waals surface area contributed by atoms with Crippen molar-refractivity contribution in [3.8, 4) is 22.4 Å². The predicted octanol–water partition coefficient (Wildman–Crippen LogP) is 2.49. The van der Waals surface area contributed by atoms with E-state index in [0.29, 0.717) is 29.0 Å². The van der Waals surface area contributed by atoms with E-state index in [1.54, 1.807) is 35.3 Å². The molecule has 0 saturated carbocycles. The van der Waals surface area contributed by atoms with Crippen molar-refractivity contribution in [2.75, 3.05) is 23.7 Å². The Labute approximate surface area is 200 Å². The summed E-state index contributed by atoms with van der Waals surface area (Å²) in [5, 5.41) is 8.60. The van der Waals surface area contributed by atoms with Gasteiger partial charge in [-0.2, -0.15) is 10.2 Å². The molecule has 0 atom stereocenters. The Hall–Kier alpha value is -4.28. The summed E-state index contributed by atoms with van der Waals surface area (Å²) in [6, 6.07) is 6.31. The number of nitrogens with two attached hydrogens (primary N) is 1. The van der Waals surface area contributed by atoms with Crippen LogP contribution in [0.2, 0.25) is 0 Å². The number of rotatable bonds is 3. The highest BCUT2D eigenvalue weighted by Gasteiger charge is 2.43. The minimum absolute atomic E-state index is 0.178. The van der Waals surface area contributed by atoms with Crippen LogP contribution in [0, 0.1) is 5.82 Å². The minimum Gasteiger partial charge on any atom is -0.382 e. The van der Waals surface area contributed by atoms with Gasteiger partial charge < -0.3 is 15.5 Å². The van der Waals surface area contributed by atoms with Gasteiger partial charge in [0.25, 0.3) is 5.91 Å². The van der Waals surface area contributed by atoms with Crippen LogP contribution >= 0.6 is 0 Å². The van der Waals surface area contributed by atoms with Gasteiger partial charge in [0.2, 0.25) is 5.91 Å². The van der Waals surface area contributed by atoms with E-state index in [4.69, 9.17) is 5.73 Å². The maximum atomic E-state index is 14.9. The van der Waals surface area contributed by atoms with Gasteiger partial charge in [-0.3, -0.25) is 14.3 Å². The molecule has 180 valence electrons. The number of fused-ring (bicyclic) bond motifs is 1. The van der Waals surface area contributed by atoms with Crippen LogP contribution in [0.1, 0.15) is 20.8 Å². The first-order valence-electron chi connectivity index (χ1n) is 11.1. The third kappa shape index (κ3) is 3.59. The lowest BCUT2D eigenvalue weighted by Crippen LogP contribution is -2.64. The number of hydrogen-bond acceptors (Lipinski definition) is 6. The molecule has 1 aliphatic heterocycles. The summed E-state index contributed by atoms with van der Waals surface area (Å²) in [6.07, 6.45) is 4.89. The van der Waals surface area contributed by atoms with Crippen molar-refractivity contribution >= 4 is 28.8 Å². The van der Waals surface area contributed by atoms with Crippen molar-refractivity contribution in [3.05, 3.63) is 48.8 Å². The van der Waals surface area contributed by atoms with Crippen molar-refractivity contribution in [2.45, 2.75) is 26.3 Å². The number of piperazine rings is 1. The number of hydrogen-bond donors (Lipinski definition) is 1. The van der Waals surface area contributed by atoms with Gasteiger partial charge in [0.1, 0.15) is 23.2 Å². The van der Waals surface area contributed by atoms with Gasteiger partial charge in [0.15, 0.2) is 5.82 Å². The van der Waals surface area contributed by atoms with Crippen LogP contribution in [0.3, 0.4) is 0 Å². The summed E-state index contributed by atoms with van der Waals surface area (Å²) in [6.45, 7) is 5.45. The number of benzene rings is 1. The molecule has 11 heteroatoms. The number of halogens is 1. The van der Waals surface area contributed by atoms with E-state index >= 15 is 0 Å². The molecule has 2 N–H and O–H groups in total. The van der Waals surface area contributed by atoms with E-state index in [-0.39, 0.29) is 24.2 Å². The summed E-state index contributed by atoms with van der Waals surface area (Å²) >= 11 is 0. The molecule has 5 rings (SSSR count). The van der Waals surface area contributed by atoms with E-state index < -0.39 is 11.4 Å². The first-order valence-corrected chi connectivity index (χ1v) is 11.1. The van der Waals surface area contributed by atoms with Crippen molar-refractivity contribution in [2.24, 2.45) is 7.05 Å². The second-order valence-electron chi connectivity index (χ2n) is 9.14. The van der Waals surface area contributed by atoms with Gasteiger partial charge in [0, 0.05) is 55.6 Å². The lowest BCUT2D eigenvalue weighted by Gasteiger charge is -2.45. The maximum absolute atomic E-state index is 14.9. The number of anilines is 2. The summed E-state index contributed by atoms with van der Waals surface area (Å²) in [7, 11) is 1.81. The monoisotopic (exact) mass is 476 g/mol. The number of amides is 2. The fourth-order valence-electron chi connectivity index (χ4n) is 4.76. The zero-order chi connectivity index (χ0) is 25.1. The van der Waals surface area contributed by atoms with Crippen LogP contribution in [-0.2, 0) is 16.6 Å². The highest BCUT2D eigenvalue weighted by molar-refractivity contribution is 6.03. The lowest BCUT2D eigenvalue weighted by molar-refractivity contribution is -0.145. The van der Waals surface area contributed by atoms with Crippen LogP contribution in [0.25, 0.3) is 27.9 Å². The Morgan fingerprint density at radius 2 is 1.89 bits per heavy atom. The molecule has 2 amide bonds. The van der Waals surface area contributed by atoms with Gasteiger partial charge in [-0.25, -0.2) is 13.9 Å². The van der Waals surface area contributed by atoms with Gasteiger partial charge in [-0.05, 0) is 38.1 Å². The number of carbonyl (C=O) groups excluding carboxylic acids is 2. The van der Waals surface area contributed by atoms with Crippen LogP contribution in [0.4, 0.5) is 15.9 Å². The highest BCUT2D eigenvalue weighted by atomic mass is 19.1. The average molecular weight is 477 g/mol. The van der Waals surface area contributed by atoms with Crippen molar-refractivity contribution in [3.63, 3.8) is 0 Å². The molecular weight excluding hydrogens is 451 g/mol. The molecular formula is C24H25FN8O2. The number of aromatic nitrogens is 5. The van der Waals surface area contributed by atoms with Crippen molar-refractivity contribution in [1.29, 1.82) is 0 Å². The fourth-order valence-corrected chi connectivity index (χ4v) is 4.76. The molecule has 35 heavy (non-hydrogen) atoms. The van der Waals surface area contributed by atoms with Crippen LogP contribution < -0.4 is 10.6 Å². The molecule has 1 aromatic carbocycles. The Morgan fingerprint density at radius 1 is 1.11 bits per heavy atom. The average Bonchev–Trinajstić information content (AvgIpc) is 3.39.